The van der Waals surface area contributed by atoms with Crippen LogP contribution in [0.4, 0.5) is 0 Å². The highest BCUT2D eigenvalue weighted by molar-refractivity contribution is 7.10. The Kier molecular flexibility index (Phi) is 5.39. The maximum Gasteiger partial charge on any atom is 0.118 e. The molecule has 1 unspecified atom stereocenters. The molecule has 1 heterocycles. The molecule has 0 radical (unpaired) electrons. The maximum absolute atomic E-state index is 9.91. The van der Waals surface area contributed by atoms with Crippen molar-refractivity contribution in [3.8, 4) is 5.75 Å². The van der Waals surface area contributed by atoms with Crippen molar-refractivity contribution < 1.29 is 9.84 Å². The van der Waals surface area contributed by atoms with Crippen LogP contribution in [0.15, 0.2) is 41.8 Å². The lowest BCUT2D eigenvalue weighted by Gasteiger charge is -2.10. The minimum atomic E-state index is -0.407. The van der Waals surface area contributed by atoms with Gasteiger partial charge in [-0.05, 0) is 42.1 Å². The molecule has 0 bridgehead atoms. The molecular weight excluding hydrogens is 258 g/mol. The summed E-state index contributed by atoms with van der Waals surface area (Å²) in [6, 6.07) is 12.0. The smallest absolute Gasteiger partial charge is 0.118 e. The molecule has 1 atom stereocenters. The molecule has 102 valence electrons. The van der Waals surface area contributed by atoms with Crippen LogP contribution in [0.25, 0.3) is 0 Å². The van der Waals surface area contributed by atoms with Gasteiger partial charge in [-0.15, -0.1) is 11.3 Å². The van der Waals surface area contributed by atoms with Gasteiger partial charge in [-0.25, -0.2) is 0 Å². The van der Waals surface area contributed by atoms with E-state index in [9.17, 15) is 5.11 Å². The molecule has 0 aliphatic heterocycles. The second-order valence-corrected chi connectivity index (χ2v) is 5.31. The van der Waals surface area contributed by atoms with E-state index < -0.39 is 6.10 Å². The lowest BCUT2D eigenvalue weighted by Crippen LogP contribution is -2.23. The molecule has 2 rings (SSSR count). The van der Waals surface area contributed by atoms with Gasteiger partial charge in [0.15, 0.2) is 0 Å². The SMILES string of the molecule is COc1ccc(CCNCC(O)c2cccs2)cc1. The van der Waals surface area contributed by atoms with E-state index in [0.717, 1.165) is 23.6 Å². The number of hydrogen-bond acceptors (Lipinski definition) is 4. The van der Waals surface area contributed by atoms with Crippen molar-refractivity contribution in [2.45, 2.75) is 12.5 Å². The molecule has 1 aromatic heterocycles. The van der Waals surface area contributed by atoms with Gasteiger partial charge >= 0.3 is 0 Å². The molecule has 19 heavy (non-hydrogen) atoms. The fourth-order valence-corrected chi connectivity index (χ4v) is 2.56. The van der Waals surface area contributed by atoms with E-state index >= 15 is 0 Å². The Morgan fingerprint density at radius 1 is 1.26 bits per heavy atom. The van der Waals surface area contributed by atoms with E-state index in [0.29, 0.717) is 6.54 Å². The number of nitrogens with one attached hydrogen (secondary N) is 1. The van der Waals surface area contributed by atoms with Crippen molar-refractivity contribution in [2.24, 2.45) is 0 Å². The third-order valence-electron chi connectivity index (χ3n) is 2.96. The average Bonchev–Trinajstić information content (AvgIpc) is 2.98. The molecule has 0 saturated heterocycles. The maximum atomic E-state index is 9.91. The van der Waals surface area contributed by atoms with Gasteiger partial charge in [0.2, 0.25) is 0 Å². The second-order valence-electron chi connectivity index (χ2n) is 4.33. The summed E-state index contributed by atoms with van der Waals surface area (Å²) >= 11 is 1.59. The van der Waals surface area contributed by atoms with Crippen LogP contribution in [-0.2, 0) is 6.42 Å². The van der Waals surface area contributed by atoms with Crippen molar-refractivity contribution in [1.82, 2.24) is 5.32 Å². The summed E-state index contributed by atoms with van der Waals surface area (Å²) in [6.07, 6.45) is 0.539. The first-order valence-electron chi connectivity index (χ1n) is 6.34. The molecule has 0 aliphatic rings. The molecule has 4 heteroatoms. The zero-order chi connectivity index (χ0) is 13.5. The Balaban J connectivity index is 1.68. The van der Waals surface area contributed by atoms with E-state index in [4.69, 9.17) is 4.74 Å². The fourth-order valence-electron chi connectivity index (χ4n) is 1.85. The van der Waals surface area contributed by atoms with Crippen LogP contribution >= 0.6 is 11.3 Å². The molecule has 1 aromatic carbocycles. The minimum Gasteiger partial charge on any atom is -0.497 e. The summed E-state index contributed by atoms with van der Waals surface area (Å²) in [7, 11) is 1.67. The number of benzene rings is 1. The predicted molar refractivity (Wildman–Crippen MR) is 78.8 cm³/mol. The Hall–Kier alpha value is -1.36. The van der Waals surface area contributed by atoms with Gasteiger partial charge in [-0.2, -0.15) is 0 Å². The predicted octanol–water partition coefficient (Wildman–Crippen LogP) is 2.62. The molecule has 0 amide bonds. The summed E-state index contributed by atoms with van der Waals surface area (Å²) in [5.41, 5.74) is 1.26. The highest BCUT2D eigenvalue weighted by Crippen LogP contribution is 2.17. The average molecular weight is 277 g/mol. The molecule has 2 aromatic rings. The standard InChI is InChI=1S/C15H19NO2S/c1-18-13-6-4-12(5-7-13)8-9-16-11-14(17)15-3-2-10-19-15/h2-7,10,14,16-17H,8-9,11H2,1H3. The monoisotopic (exact) mass is 277 g/mol. The van der Waals surface area contributed by atoms with Crippen LogP contribution in [0.1, 0.15) is 16.5 Å². The van der Waals surface area contributed by atoms with E-state index in [1.165, 1.54) is 5.56 Å². The molecule has 3 nitrogen and oxygen atoms in total. The summed E-state index contributed by atoms with van der Waals surface area (Å²) in [6.45, 7) is 1.45. The number of aliphatic hydroxyl groups excluding tert-OH is 1. The molecule has 0 spiro atoms. The van der Waals surface area contributed by atoms with Crippen molar-refractivity contribution in [3.05, 3.63) is 52.2 Å². The molecule has 0 saturated carbocycles. The Morgan fingerprint density at radius 2 is 2.05 bits per heavy atom. The van der Waals surface area contributed by atoms with Crippen LogP contribution in [0, 0.1) is 0 Å². The number of aliphatic hydroxyl groups is 1. The molecule has 2 N–H and O–H groups in total. The second kappa shape index (κ2) is 7.28. The Morgan fingerprint density at radius 3 is 2.68 bits per heavy atom. The Labute approximate surface area is 117 Å². The topological polar surface area (TPSA) is 41.5 Å². The summed E-state index contributed by atoms with van der Waals surface area (Å²) < 4.78 is 5.12. The van der Waals surface area contributed by atoms with Gasteiger partial charge in [0.25, 0.3) is 0 Å². The zero-order valence-corrected chi connectivity index (χ0v) is 11.8. The quantitative estimate of drug-likeness (QED) is 0.764. The normalized spacial score (nSPS) is 12.3. The number of thiophene rings is 1. The highest BCUT2D eigenvalue weighted by Gasteiger charge is 2.07. The number of hydrogen-bond donors (Lipinski definition) is 2. The number of rotatable bonds is 7. The van der Waals surface area contributed by atoms with E-state index in [-0.39, 0.29) is 0 Å². The van der Waals surface area contributed by atoms with E-state index in [1.54, 1.807) is 18.4 Å². The first kappa shape index (κ1) is 14.1. The molecule has 0 fully saturated rings. The lowest BCUT2D eigenvalue weighted by molar-refractivity contribution is 0.179. The van der Waals surface area contributed by atoms with Gasteiger partial charge in [0.05, 0.1) is 7.11 Å². The van der Waals surface area contributed by atoms with Gasteiger partial charge in [0.1, 0.15) is 11.9 Å². The molecular formula is C15H19NO2S. The lowest BCUT2D eigenvalue weighted by atomic mass is 10.1. The van der Waals surface area contributed by atoms with Crippen LogP contribution < -0.4 is 10.1 Å². The summed E-state index contributed by atoms with van der Waals surface area (Å²) in [4.78, 5) is 1.01. The molecule has 0 aliphatic carbocycles. The van der Waals surface area contributed by atoms with Gasteiger partial charge in [-0.1, -0.05) is 18.2 Å². The van der Waals surface area contributed by atoms with Crippen molar-refractivity contribution >= 4 is 11.3 Å². The first-order valence-corrected chi connectivity index (χ1v) is 7.22. The van der Waals surface area contributed by atoms with E-state index in [1.807, 2.05) is 29.6 Å². The summed E-state index contributed by atoms with van der Waals surface area (Å²) in [5.74, 6) is 0.879. The highest BCUT2D eigenvalue weighted by atomic mass is 32.1. The van der Waals surface area contributed by atoms with Crippen molar-refractivity contribution in [3.63, 3.8) is 0 Å². The largest absolute Gasteiger partial charge is 0.497 e. The third kappa shape index (κ3) is 4.35. The zero-order valence-electron chi connectivity index (χ0n) is 11.0. The third-order valence-corrected chi connectivity index (χ3v) is 3.93. The minimum absolute atomic E-state index is 0.407. The summed E-state index contributed by atoms with van der Waals surface area (Å²) in [5, 5.41) is 15.2. The van der Waals surface area contributed by atoms with Crippen molar-refractivity contribution in [1.29, 1.82) is 0 Å². The number of methoxy groups -OCH3 is 1. The van der Waals surface area contributed by atoms with Crippen LogP contribution in [0.3, 0.4) is 0 Å². The number of ether oxygens (including phenoxy) is 1. The fraction of sp³-hybridized carbons (Fsp3) is 0.333. The van der Waals surface area contributed by atoms with Crippen LogP contribution in [0.5, 0.6) is 5.75 Å². The first-order chi connectivity index (χ1) is 9.29. The van der Waals surface area contributed by atoms with Gasteiger partial charge in [0, 0.05) is 11.4 Å². The van der Waals surface area contributed by atoms with Gasteiger partial charge in [-0.3, -0.25) is 0 Å². The van der Waals surface area contributed by atoms with Crippen molar-refractivity contribution in [2.75, 3.05) is 20.2 Å². The van der Waals surface area contributed by atoms with E-state index in [2.05, 4.69) is 17.4 Å². The van der Waals surface area contributed by atoms with Crippen LogP contribution in [-0.4, -0.2) is 25.3 Å². The Bertz CT molecular complexity index is 467. The van der Waals surface area contributed by atoms with Crippen LogP contribution in [0.2, 0.25) is 0 Å². The van der Waals surface area contributed by atoms with Gasteiger partial charge < -0.3 is 15.2 Å².